The molecule has 154 valence electrons. The molecule has 0 amide bonds. The van der Waals surface area contributed by atoms with Crippen LogP contribution in [0, 0.1) is 0 Å². The molecular weight excluding hydrogens is 368 g/mol. The van der Waals surface area contributed by atoms with Crippen LogP contribution in [-0.2, 0) is 17.8 Å². The summed E-state index contributed by atoms with van der Waals surface area (Å²) in [5.41, 5.74) is 3.13. The van der Waals surface area contributed by atoms with E-state index in [4.69, 9.17) is 9.26 Å². The molecule has 29 heavy (non-hydrogen) atoms. The molecule has 0 aliphatic carbocycles. The van der Waals surface area contributed by atoms with Gasteiger partial charge in [-0.15, -0.1) is 0 Å². The number of anilines is 1. The molecule has 7 heteroatoms. The first-order chi connectivity index (χ1) is 14.1. The molecule has 3 aromatic rings. The summed E-state index contributed by atoms with van der Waals surface area (Å²) in [7, 11) is 4.00. The third-order valence-corrected chi connectivity index (χ3v) is 4.43. The molecule has 0 aliphatic heterocycles. The minimum absolute atomic E-state index is 0.287. The highest BCUT2D eigenvalue weighted by Crippen LogP contribution is 2.20. The number of hydrogen-bond acceptors (Lipinski definition) is 7. The van der Waals surface area contributed by atoms with Gasteiger partial charge in [0.2, 0.25) is 11.7 Å². The Morgan fingerprint density at radius 3 is 2.59 bits per heavy atom. The van der Waals surface area contributed by atoms with E-state index in [1.807, 2.05) is 73.6 Å². The van der Waals surface area contributed by atoms with Crippen LogP contribution in [0.1, 0.15) is 11.5 Å². The van der Waals surface area contributed by atoms with E-state index < -0.39 is 6.10 Å². The molecule has 0 radical (unpaired) electrons. The van der Waals surface area contributed by atoms with Gasteiger partial charge in [0.15, 0.2) is 0 Å². The topological polar surface area (TPSA) is 83.7 Å². The first kappa shape index (κ1) is 21.0. The second kappa shape index (κ2) is 10.7. The minimum Gasteiger partial charge on any atom is -0.389 e. The van der Waals surface area contributed by atoms with Crippen LogP contribution >= 0.6 is 0 Å². The maximum Gasteiger partial charge on any atom is 0.228 e. The standard InChI is InChI=1S/C22H28N4O3/c1-26(2)19-10-8-18(9-11-19)22-24-21(29-25-22)12-13-23-14-20(27)16-28-15-17-6-4-3-5-7-17/h3-11,20,23,27H,12-16H2,1-2H3. The van der Waals surface area contributed by atoms with E-state index in [1.165, 1.54) is 0 Å². The minimum atomic E-state index is -0.563. The summed E-state index contributed by atoms with van der Waals surface area (Å²) in [5, 5.41) is 17.2. The fourth-order valence-electron chi connectivity index (χ4n) is 2.79. The predicted molar refractivity (Wildman–Crippen MR) is 113 cm³/mol. The molecule has 1 unspecified atom stereocenters. The lowest BCUT2D eigenvalue weighted by atomic mass is 10.2. The summed E-state index contributed by atoms with van der Waals surface area (Å²) >= 11 is 0. The largest absolute Gasteiger partial charge is 0.389 e. The number of rotatable bonds is 11. The zero-order valence-electron chi connectivity index (χ0n) is 16.9. The van der Waals surface area contributed by atoms with Gasteiger partial charge in [-0.05, 0) is 29.8 Å². The molecule has 1 atom stereocenters. The van der Waals surface area contributed by atoms with Crippen molar-refractivity contribution in [1.29, 1.82) is 0 Å². The fraction of sp³-hybridized carbons (Fsp3) is 0.364. The quantitative estimate of drug-likeness (QED) is 0.482. The van der Waals surface area contributed by atoms with Crippen LogP contribution in [0.25, 0.3) is 11.4 Å². The molecule has 7 nitrogen and oxygen atoms in total. The third-order valence-electron chi connectivity index (χ3n) is 4.43. The molecule has 2 aromatic carbocycles. The Morgan fingerprint density at radius 2 is 1.86 bits per heavy atom. The van der Waals surface area contributed by atoms with Gasteiger partial charge in [0.1, 0.15) is 0 Å². The SMILES string of the molecule is CN(C)c1ccc(-c2noc(CCNCC(O)COCc3ccccc3)n2)cc1. The molecule has 0 fully saturated rings. The Hall–Kier alpha value is -2.74. The van der Waals surface area contributed by atoms with Gasteiger partial charge >= 0.3 is 0 Å². The maximum absolute atomic E-state index is 10.00. The van der Waals surface area contributed by atoms with E-state index in [-0.39, 0.29) is 6.61 Å². The van der Waals surface area contributed by atoms with Crippen LogP contribution in [0.4, 0.5) is 5.69 Å². The second-order valence-corrected chi connectivity index (χ2v) is 7.06. The van der Waals surface area contributed by atoms with Crippen molar-refractivity contribution in [3.05, 3.63) is 66.1 Å². The van der Waals surface area contributed by atoms with E-state index in [0.29, 0.717) is 37.8 Å². The van der Waals surface area contributed by atoms with Crippen molar-refractivity contribution in [2.75, 3.05) is 38.7 Å². The summed E-state index contributed by atoms with van der Waals surface area (Å²) in [5.74, 6) is 1.15. The van der Waals surface area contributed by atoms with E-state index in [0.717, 1.165) is 16.8 Å². The van der Waals surface area contributed by atoms with Crippen molar-refractivity contribution in [3.8, 4) is 11.4 Å². The summed E-state index contributed by atoms with van der Waals surface area (Å²) in [6.07, 6.45) is 0.0348. The lowest BCUT2D eigenvalue weighted by Gasteiger charge is -2.12. The molecule has 1 heterocycles. The van der Waals surface area contributed by atoms with Gasteiger partial charge in [-0.25, -0.2) is 0 Å². The monoisotopic (exact) mass is 396 g/mol. The number of benzene rings is 2. The second-order valence-electron chi connectivity index (χ2n) is 7.06. The van der Waals surface area contributed by atoms with Crippen LogP contribution in [0.15, 0.2) is 59.1 Å². The van der Waals surface area contributed by atoms with Crippen LogP contribution in [0.2, 0.25) is 0 Å². The van der Waals surface area contributed by atoms with E-state index >= 15 is 0 Å². The van der Waals surface area contributed by atoms with Crippen molar-refractivity contribution in [3.63, 3.8) is 0 Å². The Balaban J connectivity index is 1.34. The van der Waals surface area contributed by atoms with Crippen LogP contribution in [0.3, 0.4) is 0 Å². The Kier molecular flexibility index (Phi) is 7.75. The highest BCUT2D eigenvalue weighted by Gasteiger charge is 2.09. The summed E-state index contributed by atoms with van der Waals surface area (Å²) in [6.45, 7) is 1.87. The van der Waals surface area contributed by atoms with Crippen LogP contribution < -0.4 is 10.2 Å². The van der Waals surface area contributed by atoms with Gasteiger partial charge in [-0.1, -0.05) is 35.5 Å². The molecular formula is C22H28N4O3. The number of nitrogens with zero attached hydrogens (tertiary/aromatic N) is 3. The van der Waals surface area contributed by atoms with Crippen molar-refractivity contribution in [1.82, 2.24) is 15.5 Å². The van der Waals surface area contributed by atoms with Crippen molar-refractivity contribution < 1.29 is 14.4 Å². The fourth-order valence-corrected chi connectivity index (χ4v) is 2.79. The molecule has 3 rings (SSSR count). The maximum atomic E-state index is 10.00. The lowest BCUT2D eigenvalue weighted by molar-refractivity contribution is 0.0289. The zero-order valence-corrected chi connectivity index (χ0v) is 16.9. The van der Waals surface area contributed by atoms with Gasteiger partial charge in [0.05, 0.1) is 19.3 Å². The Bertz CT molecular complexity index is 850. The number of ether oxygens (including phenoxy) is 1. The normalized spacial score (nSPS) is 12.1. The van der Waals surface area contributed by atoms with E-state index in [2.05, 4.69) is 15.5 Å². The lowest BCUT2D eigenvalue weighted by Crippen LogP contribution is -2.31. The van der Waals surface area contributed by atoms with E-state index in [1.54, 1.807) is 0 Å². The van der Waals surface area contributed by atoms with E-state index in [9.17, 15) is 5.11 Å². The van der Waals surface area contributed by atoms with Gasteiger partial charge < -0.3 is 24.6 Å². The molecule has 0 bridgehead atoms. The van der Waals surface area contributed by atoms with Crippen molar-refractivity contribution in [2.45, 2.75) is 19.1 Å². The van der Waals surface area contributed by atoms with Gasteiger partial charge in [0, 0.05) is 44.9 Å². The third kappa shape index (κ3) is 6.67. The average molecular weight is 396 g/mol. The summed E-state index contributed by atoms with van der Waals surface area (Å²) < 4.78 is 10.9. The Morgan fingerprint density at radius 1 is 1.10 bits per heavy atom. The zero-order chi connectivity index (χ0) is 20.5. The molecule has 0 saturated carbocycles. The summed E-state index contributed by atoms with van der Waals surface area (Å²) in [4.78, 5) is 6.48. The molecule has 0 saturated heterocycles. The first-order valence-electron chi connectivity index (χ1n) is 9.72. The van der Waals surface area contributed by atoms with Crippen LogP contribution in [-0.4, -0.2) is 55.1 Å². The highest BCUT2D eigenvalue weighted by molar-refractivity contribution is 5.59. The van der Waals surface area contributed by atoms with Gasteiger partial charge in [-0.3, -0.25) is 0 Å². The van der Waals surface area contributed by atoms with Crippen molar-refractivity contribution in [2.24, 2.45) is 0 Å². The average Bonchev–Trinajstić information content (AvgIpc) is 3.21. The number of nitrogens with one attached hydrogen (secondary N) is 1. The number of aromatic nitrogens is 2. The number of aliphatic hydroxyl groups excluding tert-OH is 1. The molecule has 0 aliphatic rings. The highest BCUT2D eigenvalue weighted by atomic mass is 16.5. The summed E-state index contributed by atoms with van der Waals surface area (Å²) in [6, 6.07) is 17.9. The smallest absolute Gasteiger partial charge is 0.228 e. The number of aliphatic hydroxyl groups is 1. The molecule has 1 aromatic heterocycles. The molecule has 2 N–H and O–H groups in total. The first-order valence-corrected chi connectivity index (χ1v) is 9.72. The van der Waals surface area contributed by atoms with Gasteiger partial charge in [0.25, 0.3) is 0 Å². The predicted octanol–water partition coefficient (Wildman–Crippen LogP) is 2.51. The Labute approximate surface area is 171 Å². The van der Waals surface area contributed by atoms with Crippen molar-refractivity contribution >= 4 is 5.69 Å². The van der Waals surface area contributed by atoms with Crippen LogP contribution in [0.5, 0.6) is 0 Å². The van der Waals surface area contributed by atoms with Gasteiger partial charge in [-0.2, -0.15) is 4.98 Å². The number of hydrogen-bond donors (Lipinski definition) is 2. The molecule has 0 spiro atoms.